The molecule has 8 aliphatic rings. The summed E-state index contributed by atoms with van der Waals surface area (Å²) in [6.07, 6.45) is 27.6. The average molecular weight is 710 g/mol. The van der Waals surface area contributed by atoms with Crippen LogP contribution in [0.25, 0.3) is 81.9 Å². The van der Waals surface area contributed by atoms with E-state index in [1.807, 2.05) is 0 Å². The molecule has 268 valence electrons. The molecule has 7 aliphatic carbocycles. The number of nitrogens with zero attached hydrogens (tertiary/aromatic N) is 1. The van der Waals surface area contributed by atoms with Crippen molar-refractivity contribution in [3.63, 3.8) is 0 Å². The van der Waals surface area contributed by atoms with Crippen LogP contribution in [0.3, 0.4) is 0 Å². The maximum absolute atomic E-state index is 4.31. The van der Waals surface area contributed by atoms with Gasteiger partial charge in [-0.25, -0.2) is 0 Å². The average Bonchev–Trinajstić information content (AvgIpc) is 4.05. The van der Waals surface area contributed by atoms with E-state index in [2.05, 4.69) is 84.5 Å². The third-order valence-corrected chi connectivity index (χ3v) is 16.3. The van der Waals surface area contributed by atoms with Crippen molar-refractivity contribution in [2.45, 2.75) is 83.5 Å². The molecular formula is C54H47N. The number of fused-ring (bicyclic) bond motifs is 3. The first-order chi connectivity index (χ1) is 27.3. The second kappa shape index (κ2) is 10.6. The summed E-state index contributed by atoms with van der Waals surface area (Å²) in [4.78, 5) is 2.75. The van der Waals surface area contributed by atoms with Gasteiger partial charge in [0.05, 0.1) is 0 Å². The highest BCUT2D eigenvalue weighted by molar-refractivity contribution is 6.48. The fourth-order valence-electron chi connectivity index (χ4n) is 14.4. The van der Waals surface area contributed by atoms with Gasteiger partial charge in [-0.3, -0.25) is 4.90 Å². The summed E-state index contributed by atoms with van der Waals surface area (Å²) in [7, 11) is 0. The van der Waals surface area contributed by atoms with Crippen molar-refractivity contribution in [2.24, 2.45) is 23.7 Å². The van der Waals surface area contributed by atoms with Crippen molar-refractivity contribution >= 4 is 81.9 Å². The van der Waals surface area contributed by atoms with E-state index >= 15 is 0 Å². The smallest absolute Gasteiger partial charge is 0.0246 e. The molecule has 1 aliphatic heterocycles. The van der Waals surface area contributed by atoms with E-state index in [0.717, 1.165) is 19.5 Å². The summed E-state index contributed by atoms with van der Waals surface area (Å²) < 4.78 is 0. The molecule has 0 spiro atoms. The van der Waals surface area contributed by atoms with Crippen LogP contribution < -0.4 is 10.4 Å². The van der Waals surface area contributed by atoms with Gasteiger partial charge in [-0.15, -0.1) is 11.5 Å². The van der Waals surface area contributed by atoms with Crippen molar-refractivity contribution < 1.29 is 0 Å². The molecule has 1 heteroatoms. The topological polar surface area (TPSA) is 3.24 Å². The Bertz CT molecular complexity index is 3120. The van der Waals surface area contributed by atoms with Gasteiger partial charge in [0.1, 0.15) is 0 Å². The van der Waals surface area contributed by atoms with Crippen LogP contribution in [-0.2, 0) is 0 Å². The minimum atomic E-state index is 0.436. The Balaban J connectivity index is 0.995. The van der Waals surface area contributed by atoms with Gasteiger partial charge in [-0.1, -0.05) is 114 Å². The summed E-state index contributed by atoms with van der Waals surface area (Å²) in [5, 5.41) is 18.4. The lowest BCUT2D eigenvalue weighted by atomic mass is 9.67. The molecule has 5 unspecified atom stereocenters. The lowest BCUT2D eigenvalue weighted by molar-refractivity contribution is 0.342. The quantitative estimate of drug-likeness (QED) is 0.0695. The summed E-state index contributed by atoms with van der Waals surface area (Å²) in [6, 6.07) is 9.91. The second-order valence-corrected chi connectivity index (χ2v) is 18.6. The van der Waals surface area contributed by atoms with Crippen molar-refractivity contribution in [1.29, 1.82) is 0 Å². The van der Waals surface area contributed by atoms with Gasteiger partial charge in [0.2, 0.25) is 0 Å². The van der Waals surface area contributed by atoms with E-state index < -0.39 is 0 Å². The van der Waals surface area contributed by atoms with E-state index in [-0.39, 0.29) is 0 Å². The van der Waals surface area contributed by atoms with E-state index in [1.165, 1.54) is 109 Å². The predicted molar refractivity (Wildman–Crippen MR) is 232 cm³/mol. The molecule has 5 atom stereocenters. The van der Waals surface area contributed by atoms with Crippen LogP contribution in [0.15, 0.2) is 78.1 Å². The minimum Gasteiger partial charge on any atom is -0.295 e. The normalized spacial score (nSPS) is 26.0. The number of rotatable bonds is 12. The highest BCUT2D eigenvalue weighted by Gasteiger charge is 2.60. The zero-order valence-electron chi connectivity index (χ0n) is 32.1. The molecule has 0 N–H and O–H groups in total. The standard InChI is InChI=1S/C54H47N/c1-3-5-6-7-8-9-10-11-12-13-24-55-25-23-30(27-55)40-39-29-15-14-16-35-38-28(4-2)17-19-33-36-26-37-34-22-21-32-31(20-18-29)42(39)50-43(32)44(34)51-47(37)46(36)49(41(33)38)52-45(35)48(40)53(50)54(51)52/h14,17-23,26,33,36,41,46-47H,2-3,5-13,16,24-25,27H2,1H3. The lowest BCUT2D eigenvalue weighted by Gasteiger charge is -2.35. The van der Waals surface area contributed by atoms with Crippen LogP contribution in [0.5, 0.6) is 0 Å². The predicted octanol–water partition coefficient (Wildman–Crippen LogP) is 11.9. The number of hydrogen-bond donors (Lipinski definition) is 0. The molecule has 1 fully saturated rings. The van der Waals surface area contributed by atoms with Crippen LogP contribution in [-0.4, -0.2) is 24.5 Å². The Morgan fingerprint density at radius 1 is 0.782 bits per heavy atom. The molecule has 1 nitrogen and oxygen atoms in total. The number of allylic oxidation sites excluding steroid dienone is 8. The summed E-state index contributed by atoms with van der Waals surface area (Å²) in [5.41, 5.74) is 23.1. The molecule has 1 saturated carbocycles. The summed E-state index contributed by atoms with van der Waals surface area (Å²) in [6.45, 7) is 9.95. The molecule has 14 rings (SSSR count). The summed E-state index contributed by atoms with van der Waals surface area (Å²) >= 11 is 0. The monoisotopic (exact) mass is 709 g/mol. The molecule has 0 radical (unpaired) electrons. The van der Waals surface area contributed by atoms with E-state index in [9.17, 15) is 0 Å². The first-order valence-electron chi connectivity index (χ1n) is 22.0. The summed E-state index contributed by atoms with van der Waals surface area (Å²) in [5.74, 6) is 2.58. The Morgan fingerprint density at radius 2 is 1.56 bits per heavy atom. The van der Waals surface area contributed by atoms with Crippen LogP contribution in [0.2, 0.25) is 0 Å². The molecule has 2 bridgehead atoms. The molecule has 0 aromatic heterocycles. The highest BCUT2D eigenvalue weighted by atomic mass is 15.1. The van der Waals surface area contributed by atoms with Crippen molar-refractivity contribution in [1.82, 2.24) is 4.90 Å². The maximum Gasteiger partial charge on any atom is 0.0246 e. The minimum absolute atomic E-state index is 0.436. The number of unbranched alkanes of at least 4 members (excludes halogenated alkanes) is 9. The largest absolute Gasteiger partial charge is 0.295 e. The molecule has 6 aromatic carbocycles. The number of hydrogen-bond acceptors (Lipinski definition) is 1. The molecule has 1 heterocycles. The second-order valence-electron chi connectivity index (χ2n) is 18.6. The zero-order valence-corrected chi connectivity index (χ0v) is 32.1. The Morgan fingerprint density at radius 3 is 2.40 bits per heavy atom. The van der Waals surface area contributed by atoms with Gasteiger partial charge in [0, 0.05) is 41.1 Å². The van der Waals surface area contributed by atoms with E-state index in [1.54, 1.807) is 82.1 Å². The Kier molecular flexibility index (Phi) is 5.89. The van der Waals surface area contributed by atoms with Crippen molar-refractivity contribution in [3.8, 4) is 0 Å². The first kappa shape index (κ1) is 30.6. The third-order valence-electron chi connectivity index (χ3n) is 16.3. The first-order valence-corrected chi connectivity index (χ1v) is 22.0. The SMILES string of the molecule is C=C=C1C=CC2C3C1=C1CC=C=c4ccc5c6ccc7c8c9c%10c(c1c1c(C%11=CCN(CCCCCCCCCCCC)C%11)c4c5c(c1%10)c86)=C3C1C9C7=CC21. The van der Waals surface area contributed by atoms with Gasteiger partial charge in [0.15, 0.2) is 0 Å². The van der Waals surface area contributed by atoms with Gasteiger partial charge in [-0.2, -0.15) is 0 Å². The molecule has 0 saturated heterocycles. The Labute approximate surface area is 323 Å². The molecular weight excluding hydrogens is 663 g/mol. The fourth-order valence-corrected chi connectivity index (χ4v) is 14.4. The van der Waals surface area contributed by atoms with Gasteiger partial charge in [-0.05, 0) is 153 Å². The number of benzene rings is 4. The van der Waals surface area contributed by atoms with Gasteiger partial charge >= 0.3 is 0 Å². The molecule has 6 aromatic rings. The lowest BCUT2D eigenvalue weighted by Crippen LogP contribution is -2.30. The van der Waals surface area contributed by atoms with Crippen LogP contribution in [0, 0.1) is 23.7 Å². The van der Waals surface area contributed by atoms with Crippen molar-refractivity contribution in [2.75, 3.05) is 19.6 Å². The van der Waals surface area contributed by atoms with E-state index in [0.29, 0.717) is 29.6 Å². The fraction of sp³-hybridized carbons (Fsp3) is 0.370. The zero-order chi connectivity index (χ0) is 35.8. The van der Waals surface area contributed by atoms with Crippen LogP contribution in [0.4, 0.5) is 0 Å². The third kappa shape index (κ3) is 3.44. The van der Waals surface area contributed by atoms with Crippen molar-refractivity contribution in [3.05, 3.63) is 111 Å². The van der Waals surface area contributed by atoms with Gasteiger partial charge in [0.25, 0.3) is 0 Å². The van der Waals surface area contributed by atoms with Crippen LogP contribution >= 0.6 is 0 Å². The molecule has 55 heavy (non-hydrogen) atoms. The maximum atomic E-state index is 4.31. The Hall–Kier alpha value is -4.64. The molecule has 0 amide bonds. The highest BCUT2D eigenvalue weighted by Crippen LogP contribution is 2.72. The van der Waals surface area contributed by atoms with Gasteiger partial charge < -0.3 is 0 Å². The van der Waals surface area contributed by atoms with Crippen LogP contribution in [0.1, 0.15) is 106 Å². The van der Waals surface area contributed by atoms with E-state index in [4.69, 9.17) is 0 Å².